The summed E-state index contributed by atoms with van der Waals surface area (Å²) < 4.78 is 4.58. The molecule has 0 atom stereocenters. The Morgan fingerprint density at radius 1 is 1.25 bits per heavy atom. The van der Waals surface area contributed by atoms with Gasteiger partial charge in [0.25, 0.3) is 0 Å². The summed E-state index contributed by atoms with van der Waals surface area (Å²) >= 11 is 0. The molecule has 0 heterocycles. The van der Waals surface area contributed by atoms with Crippen LogP contribution in [-0.4, -0.2) is 24.6 Å². The Hall–Kier alpha value is -1.97. The smallest absolute Gasteiger partial charge is 0.337 e. The molecule has 82 valence electrons. The Kier molecular flexibility index (Phi) is 2.56. The minimum absolute atomic E-state index is 0.219. The van der Waals surface area contributed by atoms with Crippen molar-refractivity contribution in [3.63, 3.8) is 0 Å². The molecule has 4 nitrogen and oxygen atoms in total. The van der Waals surface area contributed by atoms with Gasteiger partial charge in [0.1, 0.15) is 0 Å². The maximum Gasteiger partial charge on any atom is 0.337 e. The van der Waals surface area contributed by atoms with Gasteiger partial charge in [-0.25, -0.2) is 4.79 Å². The average molecular weight is 218 g/mol. The van der Waals surface area contributed by atoms with E-state index in [0.29, 0.717) is 17.5 Å². The van der Waals surface area contributed by atoms with Crippen molar-refractivity contribution in [2.75, 3.05) is 7.11 Å². The van der Waals surface area contributed by atoms with Crippen molar-refractivity contribution in [3.05, 3.63) is 34.9 Å². The molecule has 4 heteroatoms. The number of carbonyl (C=O) groups is 3. The van der Waals surface area contributed by atoms with Crippen molar-refractivity contribution in [1.29, 1.82) is 0 Å². The molecule has 1 aliphatic rings. The fraction of sp³-hybridized carbons (Fsp3) is 0.250. The molecule has 0 saturated carbocycles. The SMILES string of the molecule is COC(=O)c1ccc2c(c1)CCC(=O)C2=O. The summed E-state index contributed by atoms with van der Waals surface area (Å²) in [5, 5.41) is 0. The van der Waals surface area contributed by atoms with Gasteiger partial charge < -0.3 is 4.74 Å². The molecule has 2 rings (SSSR count). The lowest BCUT2D eigenvalue weighted by atomic mass is 9.88. The van der Waals surface area contributed by atoms with Gasteiger partial charge in [-0.1, -0.05) is 0 Å². The highest BCUT2D eigenvalue weighted by Crippen LogP contribution is 2.20. The number of aryl methyl sites for hydroxylation is 1. The zero-order valence-electron chi connectivity index (χ0n) is 8.78. The number of rotatable bonds is 1. The predicted octanol–water partition coefficient (Wildman–Crippen LogP) is 1.17. The average Bonchev–Trinajstić information content (AvgIpc) is 2.32. The summed E-state index contributed by atoms with van der Waals surface area (Å²) in [4.78, 5) is 34.0. The van der Waals surface area contributed by atoms with Gasteiger partial charge in [0, 0.05) is 12.0 Å². The van der Waals surface area contributed by atoms with E-state index in [0.717, 1.165) is 5.56 Å². The Balaban J connectivity index is 2.45. The highest BCUT2D eigenvalue weighted by molar-refractivity contribution is 6.44. The van der Waals surface area contributed by atoms with E-state index < -0.39 is 11.8 Å². The van der Waals surface area contributed by atoms with Gasteiger partial charge in [-0.15, -0.1) is 0 Å². The van der Waals surface area contributed by atoms with Gasteiger partial charge >= 0.3 is 5.97 Å². The Morgan fingerprint density at radius 3 is 2.69 bits per heavy atom. The van der Waals surface area contributed by atoms with E-state index in [1.165, 1.54) is 19.2 Å². The molecule has 16 heavy (non-hydrogen) atoms. The first kappa shape index (κ1) is 10.5. The van der Waals surface area contributed by atoms with Crippen LogP contribution in [0.5, 0.6) is 0 Å². The van der Waals surface area contributed by atoms with Crippen LogP contribution in [0.25, 0.3) is 0 Å². The Morgan fingerprint density at radius 2 is 2.00 bits per heavy atom. The van der Waals surface area contributed by atoms with Gasteiger partial charge in [-0.2, -0.15) is 0 Å². The van der Waals surface area contributed by atoms with Crippen LogP contribution >= 0.6 is 0 Å². The number of hydrogen-bond acceptors (Lipinski definition) is 4. The summed E-state index contributed by atoms with van der Waals surface area (Å²) in [6, 6.07) is 4.63. The minimum atomic E-state index is -0.460. The minimum Gasteiger partial charge on any atom is -0.465 e. The summed E-state index contributed by atoms with van der Waals surface area (Å²) in [5.41, 5.74) is 1.56. The molecule has 0 N–H and O–H groups in total. The Bertz CT molecular complexity index is 488. The number of ether oxygens (including phenoxy) is 1. The van der Waals surface area contributed by atoms with Crippen LogP contribution in [0.4, 0.5) is 0 Å². The molecule has 1 aromatic carbocycles. The molecule has 0 aromatic heterocycles. The van der Waals surface area contributed by atoms with Crippen molar-refractivity contribution in [3.8, 4) is 0 Å². The van der Waals surface area contributed by atoms with E-state index in [4.69, 9.17) is 0 Å². The van der Waals surface area contributed by atoms with E-state index >= 15 is 0 Å². The molecule has 0 radical (unpaired) electrons. The molecule has 1 aliphatic carbocycles. The maximum absolute atomic E-state index is 11.5. The lowest BCUT2D eigenvalue weighted by Gasteiger charge is -2.14. The summed E-state index contributed by atoms with van der Waals surface area (Å²) in [6.45, 7) is 0. The highest BCUT2D eigenvalue weighted by atomic mass is 16.5. The topological polar surface area (TPSA) is 60.4 Å². The van der Waals surface area contributed by atoms with E-state index in [-0.39, 0.29) is 12.2 Å². The number of Topliss-reactive ketones (excluding diaryl/α,β-unsaturated/α-hetero) is 2. The first-order valence-electron chi connectivity index (χ1n) is 4.92. The third kappa shape index (κ3) is 1.62. The monoisotopic (exact) mass is 218 g/mol. The predicted molar refractivity (Wildman–Crippen MR) is 55.4 cm³/mol. The fourth-order valence-electron chi connectivity index (χ4n) is 1.78. The summed E-state index contributed by atoms with van der Waals surface area (Å²) in [6.07, 6.45) is 0.723. The number of fused-ring (bicyclic) bond motifs is 1. The second kappa shape index (κ2) is 3.89. The Labute approximate surface area is 92.2 Å². The van der Waals surface area contributed by atoms with Gasteiger partial charge in [-0.3, -0.25) is 9.59 Å². The molecule has 0 saturated heterocycles. The molecule has 0 amide bonds. The molecule has 0 unspecified atom stereocenters. The van der Waals surface area contributed by atoms with Gasteiger partial charge in [0.05, 0.1) is 12.7 Å². The summed E-state index contributed by atoms with van der Waals surface area (Å²) in [7, 11) is 1.30. The second-order valence-electron chi connectivity index (χ2n) is 3.62. The van der Waals surface area contributed by atoms with Crippen molar-refractivity contribution in [1.82, 2.24) is 0 Å². The number of ketones is 2. The van der Waals surface area contributed by atoms with Crippen LogP contribution < -0.4 is 0 Å². The molecule has 0 fully saturated rings. The van der Waals surface area contributed by atoms with E-state index in [9.17, 15) is 14.4 Å². The standard InChI is InChI=1S/C12H10O4/c1-16-12(15)8-2-4-9-7(6-8)3-5-10(13)11(9)14/h2,4,6H,3,5H2,1H3. The molecular formula is C12H10O4. The third-order valence-electron chi connectivity index (χ3n) is 2.65. The van der Waals surface area contributed by atoms with Crippen LogP contribution in [0.15, 0.2) is 18.2 Å². The van der Waals surface area contributed by atoms with Gasteiger partial charge in [-0.05, 0) is 30.2 Å². The number of carbonyl (C=O) groups excluding carboxylic acids is 3. The van der Waals surface area contributed by atoms with Crippen molar-refractivity contribution >= 4 is 17.5 Å². The molecule has 0 aliphatic heterocycles. The number of benzene rings is 1. The zero-order valence-corrected chi connectivity index (χ0v) is 8.78. The quantitative estimate of drug-likeness (QED) is 0.524. The van der Waals surface area contributed by atoms with Crippen LogP contribution in [0, 0.1) is 0 Å². The van der Waals surface area contributed by atoms with Gasteiger partial charge in [0.15, 0.2) is 0 Å². The first-order chi connectivity index (χ1) is 7.63. The van der Waals surface area contributed by atoms with Gasteiger partial charge in [0.2, 0.25) is 11.6 Å². The lowest BCUT2D eigenvalue weighted by molar-refractivity contribution is -0.115. The number of esters is 1. The largest absolute Gasteiger partial charge is 0.465 e. The normalized spacial score (nSPS) is 14.6. The van der Waals surface area contributed by atoms with E-state index in [1.54, 1.807) is 6.07 Å². The molecule has 0 spiro atoms. The van der Waals surface area contributed by atoms with Crippen LogP contribution in [0.3, 0.4) is 0 Å². The molecule has 1 aromatic rings. The van der Waals surface area contributed by atoms with E-state index in [2.05, 4.69) is 4.74 Å². The van der Waals surface area contributed by atoms with Crippen molar-refractivity contribution in [2.24, 2.45) is 0 Å². The third-order valence-corrected chi connectivity index (χ3v) is 2.65. The second-order valence-corrected chi connectivity index (χ2v) is 3.62. The number of hydrogen-bond donors (Lipinski definition) is 0. The van der Waals surface area contributed by atoms with Crippen LogP contribution in [-0.2, 0) is 16.0 Å². The first-order valence-corrected chi connectivity index (χ1v) is 4.92. The summed E-state index contributed by atoms with van der Waals surface area (Å²) in [5.74, 6) is -1.26. The number of methoxy groups -OCH3 is 1. The van der Waals surface area contributed by atoms with Crippen LogP contribution in [0.1, 0.15) is 32.7 Å². The fourth-order valence-corrected chi connectivity index (χ4v) is 1.78. The maximum atomic E-state index is 11.5. The molecule has 0 bridgehead atoms. The van der Waals surface area contributed by atoms with Crippen molar-refractivity contribution in [2.45, 2.75) is 12.8 Å². The zero-order chi connectivity index (χ0) is 11.7. The van der Waals surface area contributed by atoms with Crippen LogP contribution in [0.2, 0.25) is 0 Å². The van der Waals surface area contributed by atoms with E-state index in [1.807, 2.05) is 0 Å². The highest BCUT2D eigenvalue weighted by Gasteiger charge is 2.25. The lowest BCUT2D eigenvalue weighted by Crippen LogP contribution is -2.22. The molecular weight excluding hydrogens is 208 g/mol. The van der Waals surface area contributed by atoms with Crippen molar-refractivity contribution < 1.29 is 19.1 Å².